The molecule has 0 unspecified atom stereocenters. The molecule has 0 aliphatic heterocycles. The number of benzene rings is 5. The predicted octanol–water partition coefficient (Wildman–Crippen LogP) is 8.24. The maximum atomic E-state index is 5.02. The standard InChI is InChI=1S/C34H22N4/c1-3-10-23(11-4-1)24-17-19-26(20-18-24)33-36-32(25-12-5-2-6-13-25)37-34(38-33)30-22-27-14-9-21-35-31(27)29-16-8-7-15-28(29)30/h1-22H. The molecular weight excluding hydrogens is 464 g/mol. The lowest BCUT2D eigenvalue weighted by Gasteiger charge is -2.12. The second kappa shape index (κ2) is 9.34. The van der Waals surface area contributed by atoms with Gasteiger partial charge in [0.05, 0.1) is 5.52 Å². The summed E-state index contributed by atoms with van der Waals surface area (Å²) in [5.74, 6) is 1.93. The van der Waals surface area contributed by atoms with Crippen LogP contribution in [0.1, 0.15) is 0 Å². The number of aromatic nitrogens is 4. The molecule has 0 saturated heterocycles. The Labute approximate surface area is 220 Å². The number of fused-ring (bicyclic) bond motifs is 3. The Balaban J connectivity index is 1.44. The second-order valence-corrected chi connectivity index (χ2v) is 9.16. The summed E-state index contributed by atoms with van der Waals surface area (Å²) in [6.07, 6.45) is 1.84. The molecule has 0 N–H and O–H groups in total. The van der Waals surface area contributed by atoms with Gasteiger partial charge in [0, 0.05) is 33.7 Å². The Hall–Kier alpha value is -5.22. The number of hydrogen-bond acceptors (Lipinski definition) is 4. The van der Waals surface area contributed by atoms with Crippen LogP contribution in [0.5, 0.6) is 0 Å². The smallest absolute Gasteiger partial charge is 0.164 e. The molecule has 7 rings (SSSR count). The van der Waals surface area contributed by atoms with Crippen LogP contribution in [-0.4, -0.2) is 19.9 Å². The highest BCUT2D eigenvalue weighted by molar-refractivity contribution is 6.11. The summed E-state index contributed by atoms with van der Waals surface area (Å²) < 4.78 is 0. The van der Waals surface area contributed by atoms with Crippen LogP contribution < -0.4 is 0 Å². The summed E-state index contributed by atoms with van der Waals surface area (Å²) in [4.78, 5) is 19.6. The lowest BCUT2D eigenvalue weighted by molar-refractivity contribution is 1.08. The second-order valence-electron chi connectivity index (χ2n) is 9.16. The van der Waals surface area contributed by atoms with Crippen molar-refractivity contribution in [1.29, 1.82) is 0 Å². The Bertz CT molecular complexity index is 1900. The Kier molecular flexibility index (Phi) is 5.41. The third kappa shape index (κ3) is 3.98. The van der Waals surface area contributed by atoms with Crippen molar-refractivity contribution in [3.8, 4) is 45.3 Å². The van der Waals surface area contributed by atoms with Crippen molar-refractivity contribution in [2.75, 3.05) is 0 Å². The van der Waals surface area contributed by atoms with E-state index in [9.17, 15) is 0 Å². The first-order chi connectivity index (χ1) is 18.8. The zero-order valence-corrected chi connectivity index (χ0v) is 20.5. The molecule has 0 bridgehead atoms. The van der Waals surface area contributed by atoms with Crippen LogP contribution in [0.25, 0.3) is 67.0 Å². The van der Waals surface area contributed by atoms with Crippen molar-refractivity contribution < 1.29 is 0 Å². The molecule has 0 fully saturated rings. The van der Waals surface area contributed by atoms with Gasteiger partial charge in [-0.25, -0.2) is 15.0 Å². The van der Waals surface area contributed by atoms with Gasteiger partial charge in [0.1, 0.15) is 0 Å². The molecule has 0 spiro atoms. The average molecular weight is 487 g/mol. The molecule has 38 heavy (non-hydrogen) atoms. The molecule has 4 nitrogen and oxygen atoms in total. The van der Waals surface area contributed by atoms with Crippen LogP contribution in [0.4, 0.5) is 0 Å². The summed E-state index contributed by atoms with van der Waals surface area (Å²) in [5.41, 5.74) is 6.16. The fourth-order valence-corrected chi connectivity index (χ4v) is 4.89. The summed E-state index contributed by atoms with van der Waals surface area (Å²) >= 11 is 0. The Morgan fingerprint density at radius 1 is 0.395 bits per heavy atom. The molecule has 0 radical (unpaired) electrons. The van der Waals surface area contributed by atoms with Gasteiger partial charge in [-0.2, -0.15) is 0 Å². The minimum absolute atomic E-state index is 0.642. The third-order valence-electron chi connectivity index (χ3n) is 6.77. The van der Waals surface area contributed by atoms with Crippen molar-refractivity contribution in [3.63, 3.8) is 0 Å². The van der Waals surface area contributed by atoms with E-state index >= 15 is 0 Å². The van der Waals surface area contributed by atoms with Gasteiger partial charge < -0.3 is 0 Å². The van der Waals surface area contributed by atoms with Crippen molar-refractivity contribution in [1.82, 2.24) is 19.9 Å². The predicted molar refractivity (Wildman–Crippen MR) is 154 cm³/mol. The molecule has 0 aliphatic rings. The van der Waals surface area contributed by atoms with Crippen molar-refractivity contribution in [3.05, 3.63) is 134 Å². The number of hydrogen-bond donors (Lipinski definition) is 0. The van der Waals surface area contributed by atoms with E-state index < -0.39 is 0 Å². The topological polar surface area (TPSA) is 51.6 Å². The van der Waals surface area contributed by atoms with Crippen LogP contribution in [0.2, 0.25) is 0 Å². The molecule has 0 amide bonds. The van der Waals surface area contributed by atoms with Gasteiger partial charge in [0.15, 0.2) is 17.5 Å². The van der Waals surface area contributed by atoms with E-state index in [-0.39, 0.29) is 0 Å². The Morgan fingerprint density at radius 2 is 0.921 bits per heavy atom. The lowest BCUT2D eigenvalue weighted by Crippen LogP contribution is -2.01. The van der Waals surface area contributed by atoms with Gasteiger partial charge in [0.25, 0.3) is 0 Å². The van der Waals surface area contributed by atoms with Gasteiger partial charge in [-0.3, -0.25) is 4.98 Å². The van der Waals surface area contributed by atoms with Crippen LogP contribution in [0.15, 0.2) is 134 Å². The van der Waals surface area contributed by atoms with E-state index in [1.165, 1.54) is 5.56 Å². The number of rotatable bonds is 4. The van der Waals surface area contributed by atoms with Gasteiger partial charge in [-0.05, 0) is 28.6 Å². The van der Waals surface area contributed by atoms with Gasteiger partial charge >= 0.3 is 0 Å². The SMILES string of the molecule is c1ccc(-c2ccc(-c3nc(-c4ccccc4)nc(-c4cc5cccnc5c5ccccc45)n3)cc2)cc1. The fraction of sp³-hybridized carbons (Fsp3) is 0. The minimum atomic E-state index is 0.642. The summed E-state index contributed by atoms with van der Waals surface area (Å²) in [7, 11) is 0. The monoisotopic (exact) mass is 486 g/mol. The molecule has 0 atom stereocenters. The maximum Gasteiger partial charge on any atom is 0.164 e. The fourth-order valence-electron chi connectivity index (χ4n) is 4.89. The number of pyridine rings is 1. The van der Waals surface area contributed by atoms with Gasteiger partial charge in [-0.1, -0.05) is 115 Å². The van der Waals surface area contributed by atoms with E-state index in [2.05, 4.69) is 77.8 Å². The molecule has 0 saturated carbocycles. The molecule has 2 heterocycles. The highest BCUT2D eigenvalue weighted by Gasteiger charge is 2.16. The largest absolute Gasteiger partial charge is 0.256 e. The van der Waals surface area contributed by atoms with E-state index in [1.807, 2.05) is 60.8 Å². The van der Waals surface area contributed by atoms with Gasteiger partial charge in [-0.15, -0.1) is 0 Å². The maximum absolute atomic E-state index is 5.02. The highest BCUT2D eigenvalue weighted by atomic mass is 15.0. The zero-order chi connectivity index (χ0) is 25.3. The molecule has 5 aromatic carbocycles. The molecule has 178 valence electrons. The van der Waals surface area contributed by atoms with Crippen molar-refractivity contribution in [2.24, 2.45) is 0 Å². The van der Waals surface area contributed by atoms with Crippen molar-refractivity contribution >= 4 is 21.7 Å². The summed E-state index contributed by atoms with van der Waals surface area (Å²) in [6, 6.07) is 43.3. The summed E-state index contributed by atoms with van der Waals surface area (Å²) in [6.45, 7) is 0. The van der Waals surface area contributed by atoms with Crippen LogP contribution in [0, 0.1) is 0 Å². The first-order valence-electron chi connectivity index (χ1n) is 12.6. The quantitative estimate of drug-likeness (QED) is 0.235. The van der Waals surface area contributed by atoms with E-state index in [0.29, 0.717) is 17.5 Å². The normalized spacial score (nSPS) is 11.2. The molecule has 4 heteroatoms. The first kappa shape index (κ1) is 22.0. The molecule has 7 aromatic rings. The van der Waals surface area contributed by atoms with Crippen LogP contribution in [-0.2, 0) is 0 Å². The summed E-state index contributed by atoms with van der Waals surface area (Å²) in [5, 5.41) is 3.20. The Morgan fingerprint density at radius 3 is 1.63 bits per heavy atom. The molecular formula is C34H22N4. The third-order valence-corrected chi connectivity index (χ3v) is 6.77. The van der Waals surface area contributed by atoms with Crippen molar-refractivity contribution in [2.45, 2.75) is 0 Å². The minimum Gasteiger partial charge on any atom is -0.256 e. The molecule has 2 aromatic heterocycles. The van der Waals surface area contributed by atoms with E-state index in [4.69, 9.17) is 15.0 Å². The van der Waals surface area contributed by atoms with E-state index in [1.54, 1.807) is 0 Å². The first-order valence-corrected chi connectivity index (χ1v) is 12.6. The zero-order valence-electron chi connectivity index (χ0n) is 20.5. The molecule has 0 aliphatic carbocycles. The van der Waals surface area contributed by atoms with Gasteiger partial charge in [0.2, 0.25) is 0 Å². The van der Waals surface area contributed by atoms with Crippen LogP contribution in [0.3, 0.4) is 0 Å². The highest BCUT2D eigenvalue weighted by Crippen LogP contribution is 2.34. The lowest BCUT2D eigenvalue weighted by atomic mass is 9.99. The number of nitrogens with zero attached hydrogens (tertiary/aromatic N) is 4. The average Bonchev–Trinajstić information content (AvgIpc) is 3.01. The van der Waals surface area contributed by atoms with E-state index in [0.717, 1.165) is 43.9 Å². The van der Waals surface area contributed by atoms with Crippen LogP contribution >= 0.6 is 0 Å².